The number of aryl methyl sites for hydroxylation is 1. The second kappa shape index (κ2) is 5.13. The van der Waals surface area contributed by atoms with Gasteiger partial charge in [-0.1, -0.05) is 18.2 Å². The molecule has 0 amide bonds. The third kappa shape index (κ3) is 2.34. The van der Waals surface area contributed by atoms with Gasteiger partial charge in [0.05, 0.1) is 16.9 Å². The van der Waals surface area contributed by atoms with Crippen molar-refractivity contribution >= 4 is 43.9 Å². The summed E-state index contributed by atoms with van der Waals surface area (Å²) in [7, 11) is 0. The molecule has 2 aromatic carbocycles. The molecular weight excluding hydrogens is 314 g/mol. The van der Waals surface area contributed by atoms with Gasteiger partial charge in [-0.25, -0.2) is 0 Å². The summed E-state index contributed by atoms with van der Waals surface area (Å²) < 4.78 is 0.938. The molecule has 0 aliphatic heterocycles. The molecule has 0 saturated carbocycles. The Bertz CT molecular complexity index is 779. The van der Waals surface area contributed by atoms with Crippen LogP contribution < -0.4 is 11.1 Å². The molecule has 3 rings (SSSR count). The second-order valence-corrected chi connectivity index (χ2v) is 5.55. The van der Waals surface area contributed by atoms with E-state index in [9.17, 15) is 0 Å². The smallest absolute Gasteiger partial charge is 0.0936 e. The lowest BCUT2D eigenvalue weighted by Crippen LogP contribution is -1.97. The molecule has 0 unspecified atom stereocenters. The first kappa shape index (κ1) is 12.9. The maximum atomic E-state index is 5.90. The molecule has 0 bridgehead atoms. The number of rotatable bonds is 2. The second-order valence-electron chi connectivity index (χ2n) is 4.69. The van der Waals surface area contributed by atoms with Crippen molar-refractivity contribution in [3.05, 3.63) is 58.7 Å². The Morgan fingerprint density at radius 2 is 1.90 bits per heavy atom. The summed E-state index contributed by atoms with van der Waals surface area (Å²) in [5, 5.41) is 4.53. The highest BCUT2D eigenvalue weighted by atomic mass is 79.9. The number of anilines is 3. The minimum Gasteiger partial charge on any atom is -0.398 e. The van der Waals surface area contributed by atoms with Crippen LogP contribution in [0.1, 0.15) is 5.56 Å². The van der Waals surface area contributed by atoms with Gasteiger partial charge < -0.3 is 11.1 Å². The monoisotopic (exact) mass is 327 g/mol. The van der Waals surface area contributed by atoms with Crippen LogP contribution in [0.4, 0.5) is 17.1 Å². The number of hydrogen-bond acceptors (Lipinski definition) is 3. The largest absolute Gasteiger partial charge is 0.398 e. The van der Waals surface area contributed by atoms with Crippen LogP contribution >= 0.6 is 15.9 Å². The minimum absolute atomic E-state index is 0.776. The van der Waals surface area contributed by atoms with Crippen molar-refractivity contribution in [1.82, 2.24) is 4.98 Å². The van der Waals surface area contributed by atoms with Crippen molar-refractivity contribution in [3.63, 3.8) is 0 Å². The van der Waals surface area contributed by atoms with Crippen LogP contribution in [0.25, 0.3) is 10.9 Å². The van der Waals surface area contributed by atoms with Gasteiger partial charge in [0.2, 0.25) is 0 Å². The van der Waals surface area contributed by atoms with Crippen LogP contribution in [0.15, 0.2) is 53.1 Å². The highest BCUT2D eigenvalue weighted by Gasteiger charge is 2.06. The van der Waals surface area contributed by atoms with Gasteiger partial charge in [-0.2, -0.15) is 0 Å². The van der Waals surface area contributed by atoms with E-state index in [2.05, 4.69) is 38.4 Å². The first-order valence-corrected chi connectivity index (χ1v) is 7.11. The molecule has 0 radical (unpaired) electrons. The van der Waals surface area contributed by atoms with Crippen molar-refractivity contribution < 1.29 is 0 Å². The summed E-state index contributed by atoms with van der Waals surface area (Å²) in [5.74, 6) is 0. The molecule has 3 nitrogen and oxygen atoms in total. The van der Waals surface area contributed by atoms with Crippen LogP contribution in [-0.2, 0) is 0 Å². The fourth-order valence-corrected chi connectivity index (χ4v) is 2.60. The van der Waals surface area contributed by atoms with E-state index in [0.717, 1.165) is 38.0 Å². The number of benzene rings is 2. The zero-order chi connectivity index (χ0) is 14.1. The zero-order valence-corrected chi connectivity index (χ0v) is 12.6. The number of nitrogen functional groups attached to an aromatic ring is 1. The van der Waals surface area contributed by atoms with Crippen LogP contribution in [-0.4, -0.2) is 4.98 Å². The molecule has 4 heteroatoms. The van der Waals surface area contributed by atoms with Crippen LogP contribution in [0.5, 0.6) is 0 Å². The standard InChI is InChI=1S/C16H14BrN3/c1-10-8-15(12(17)9-13(10)18)20-14-6-2-4-11-5-3-7-19-16(11)14/h2-9,20H,18H2,1H3. The molecule has 0 aliphatic carbocycles. The average Bonchev–Trinajstić information content (AvgIpc) is 2.45. The SMILES string of the molecule is Cc1cc(Nc2cccc3cccnc23)c(Br)cc1N. The third-order valence-corrected chi connectivity index (χ3v) is 3.91. The fraction of sp³-hybridized carbons (Fsp3) is 0.0625. The summed E-state index contributed by atoms with van der Waals surface area (Å²) in [4.78, 5) is 4.44. The van der Waals surface area contributed by atoms with E-state index in [-0.39, 0.29) is 0 Å². The highest BCUT2D eigenvalue weighted by molar-refractivity contribution is 9.10. The van der Waals surface area contributed by atoms with E-state index < -0.39 is 0 Å². The minimum atomic E-state index is 0.776. The van der Waals surface area contributed by atoms with Gasteiger partial charge in [0.15, 0.2) is 0 Å². The van der Waals surface area contributed by atoms with Crippen LogP contribution in [0.2, 0.25) is 0 Å². The van der Waals surface area contributed by atoms with Gasteiger partial charge in [-0.05, 0) is 52.7 Å². The number of nitrogens with one attached hydrogen (secondary N) is 1. The lowest BCUT2D eigenvalue weighted by molar-refractivity contribution is 1.39. The Morgan fingerprint density at radius 3 is 2.75 bits per heavy atom. The summed E-state index contributed by atoms with van der Waals surface area (Å²) in [6, 6.07) is 14.0. The molecule has 0 spiro atoms. The lowest BCUT2D eigenvalue weighted by Gasteiger charge is -2.12. The van der Waals surface area contributed by atoms with E-state index in [1.807, 2.05) is 37.3 Å². The number of halogens is 1. The van der Waals surface area contributed by atoms with Gasteiger partial charge in [0.25, 0.3) is 0 Å². The molecule has 100 valence electrons. The van der Waals surface area contributed by atoms with Crippen LogP contribution in [0, 0.1) is 6.92 Å². The van der Waals surface area contributed by atoms with Crippen LogP contribution in [0.3, 0.4) is 0 Å². The molecule has 1 aromatic heterocycles. The molecule has 0 saturated heterocycles. The zero-order valence-electron chi connectivity index (χ0n) is 11.0. The Hall–Kier alpha value is -2.07. The molecule has 0 aliphatic rings. The lowest BCUT2D eigenvalue weighted by atomic mass is 10.1. The number of pyridine rings is 1. The Kier molecular flexibility index (Phi) is 3.32. The normalized spacial score (nSPS) is 10.7. The molecule has 0 fully saturated rings. The van der Waals surface area contributed by atoms with Crippen molar-refractivity contribution in [3.8, 4) is 0 Å². The Labute approximate surface area is 126 Å². The fourth-order valence-electron chi connectivity index (χ4n) is 2.14. The van der Waals surface area contributed by atoms with Crippen molar-refractivity contribution in [1.29, 1.82) is 0 Å². The molecule has 1 heterocycles. The summed E-state index contributed by atoms with van der Waals surface area (Å²) in [6.45, 7) is 1.99. The first-order valence-electron chi connectivity index (χ1n) is 6.31. The van der Waals surface area contributed by atoms with E-state index in [0.29, 0.717) is 0 Å². The van der Waals surface area contributed by atoms with Gasteiger partial charge in [-0.15, -0.1) is 0 Å². The molecule has 3 aromatic rings. The number of fused-ring (bicyclic) bond motifs is 1. The molecule has 3 N–H and O–H groups in total. The van der Waals surface area contributed by atoms with Gasteiger partial charge >= 0.3 is 0 Å². The van der Waals surface area contributed by atoms with Gasteiger partial charge in [0, 0.05) is 21.7 Å². The van der Waals surface area contributed by atoms with Crippen molar-refractivity contribution in [2.75, 3.05) is 11.1 Å². The average molecular weight is 328 g/mol. The number of nitrogens with two attached hydrogens (primary N) is 1. The van der Waals surface area contributed by atoms with Gasteiger partial charge in [-0.3, -0.25) is 4.98 Å². The van der Waals surface area contributed by atoms with E-state index in [1.54, 1.807) is 6.20 Å². The highest BCUT2D eigenvalue weighted by Crippen LogP contribution is 2.32. The van der Waals surface area contributed by atoms with Gasteiger partial charge in [0.1, 0.15) is 0 Å². The summed E-state index contributed by atoms with van der Waals surface area (Å²) >= 11 is 3.54. The number of hydrogen-bond donors (Lipinski definition) is 2. The van der Waals surface area contributed by atoms with E-state index in [1.165, 1.54) is 0 Å². The van der Waals surface area contributed by atoms with Crippen molar-refractivity contribution in [2.24, 2.45) is 0 Å². The Balaban J connectivity index is 2.08. The first-order chi connectivity index (χ1) is 9.65. The summed E-state index contributed by atoms with van der Waals surface area (Å²) in [5.41, 5.74) is 10.6. The quantitative estimate of drug-likeness (QED) is 0.674. The summed E-state index contributed by atoms with van der Waals surface area (Å²) in [6.07, 6.45) is 1.80. The maximum absolute atomic E-state index is 5.90. The number of aromatic nitrogens is 1. The molecule has 20 heavy (non-hydrogen) atoms. The van der Waals surface area contributed by atoms with E-state index in [4.69, 9.17) is 5.73 Å². The maximum Gasteiger partial charge on any atom is 0.0936 e. The number of nitrogens with zero attached hydrogens (tertiary/aromatic N) is 1. The Morgan fingerprint density at radius 1 is 1.10 bits per heavy atom. The van der Waals surface area contributed by atoms with Crippen molar-refractivity contribution in [2.45, 2.75) is 6.92 Å². The molecule has 0 atom stereocenters. The predicted octanol–water partition coefficient (Wildman–Crippen LogP) is 4.63. The predicted molar refractivity (Wildman–Crippen MR) is 88.3 cm³/mol. The third-order valence-electron chi connectivity index (χ3n) is 3.26. The molecular formula is C16H14BrN3. The topological polar surface area (TPSA) is 50.9 Å². The van der Waals surface area contributed by atoms with E-state index >= 15 is 0 Å². The number of para-hydroxylation sites is 1.